The molecule has 3 rings (SSSR count). The second-order valence-corrected chi connectivity index (χ2v) is 9.73. The molecule has 38 heavy (non-hydrogen) atoms. The van der Waals surface area contributed by atoms with Crippen LogP contribution in [0.15, 0.2) is 82.7 Å². The van der Waals surface area contributed by atoms with E-state index in [1.165, 1.54) is 25.5 Å². The van der Waals surface area contributed by atoms with Crippen molar-refractivity contribution < 1.29 is 36.8 Å². The molecule has 0 fully saturated rings. The summed E-state index contributed by atoms with van der Waals surface area (Å²) in [5, 5.41) is 3.51. The largest absolute Gasteiger partial charge is 0.498 e. The highest BCUT2D eigenvalue weighted by molar-refractivity contribution is 7.85. The van der Waals surface area contributed by atoms with E-state index in [0.29, 0.717) is 34.1 Å². The summed E-state index contributed by atoms with van der Waals surface area (Å²) in [5.41, 5.74) is 7.41. The normalized spacial score (nSPS) is 18.1. The summed E-state index contributed by atoms with van der Waals surface area (Å²) in [6.07, 6.45) is 1.44. The number of ether oxygens (including phenoxy) is 3. The summed E-state index contributed by atoms with van der Waals surface area (Å²) in [4.78, 5) is 25.4. The topological polar surface area (TPSA) is 154 Å². The van der Waals surface area contributed by atoms with Gasteiger partial charge >= 0.3 is 11.9 Å². The minimum Gasteiger partial charge on any atom is -0.498 e. The van der Waals surface area contributed by atoms with Gasteiger partial charge in [-0.1, -0.05) is 48.0 Å². The minimum atomic E-state index is -4.00. The lowest BCUT2D eigenvalue weighted by molar-refractivity contribution is -0.147. The molecule has 0 aliphatic carbocycles. The summed E-state index contributed by atoms with van der Waals surface area (Å²) in [6.45, 7) is 4.25. The Bertz CT molecular complexity index is 1280. The van der Waals surface area contributed by atoms with Gasteiger partial charge in [0.2, 0.25) is 0 Å². The fraction of sp³-hybridized carbons (Fsp3) is 0.308. The van der Waals surface area contributed by atoms with Crippen LogP contribution in [0.4, 0.5) is 0 Å². The Labute approximate surface area is 227 Å². The first-order chi connectivity index (χ1) is 18.1. The zero-order chi connectivity index (χ0) is 28.3. The average molecular weight is 567 g/mol. The number of nitrogens with one attached hydrogen (secondary N) is 1. The number of carbonyl (C=O) groups is 2. The van der Waals surface area contributed by atoms with Crippen LogP contribution < -0.4 is 11.1 Å². The first-order valence-electron chi connectivity index (χ1n) is 11.6. The molecule has 12 heteroatoms. The number of esters is 2. The van der Waals surface area contributed by atoms with Gasteiger partial charge in [-0.3, -0.25) is 9.35 Å². The zero-order valence-electron chi connectivity index (χ0n) is 21.2. The Balaban J connectivity index is 0.000000423. The minimum absolute atomic E-state index is 0.0741. The standard InChI is InChI=1S/C20H25ClN2O5.C6H6O3S/c1-4-28-20(25)18-15(11-27-10-9-22)23-12(2)16(19(24)26-3)17(18)13-7-5-6-8-14(13)21;7-10(8,9)6-4-2-1-3-5-6/h5-8,11,17-18,23H,4,9-10,22H2,1-3H3;1-5H,(H,7,8,9). The van der Waals surface area contributed by atoms with Crippen LogP contribution in [0.1, 0.15) is 25.3 Å². The quantitative estimate of drug-likeness (QED) is 0.187. The van der Waals surface area contributed by atoms with Crippen molar-refractivity contribution in [3.05, 3.63) is 88.4 Å². The van der Waals surface area contributed by atoms with Crippen LogP contribution >= 0.6 is 11.6 Å². The molecule has 1 aliphatic heterocycles. The van der Waals surface area contributed by atoms with Crippen molar-refractivity contribution in [1.29, 1.82) is 0 Å². The fourth-order valence-electron chi connectivity index (χ4n) is 3.80. The lowest BCUT2D eigenvalue weighted by Gasteiger charge is -2.35. The van der Waals surface area contributed by atoms with E-state index < -0.39 is 33.9 Å². The number of nitrogens with two attached hydrogens (primary N) is 1. The molecule has 0 radical (unpaired) electrons. The summed E-state index contributed by atoms with van der Waals surface area (Å²) in [7, 11) is -2.71. The molecule has 0 bridgehead atoms. The molecular weight excluding hydrogens is 536 g/mol. The molecule has 1 aliphatic rings. The maximum atomic E-state index is 12.9. The van der Waals surface area contributed by atoms with Gasteiger partial charge in [0, 0.05) is 23.2 Å². The Morgan fingerprint density at radius 2 is 1.76 bits per heavy atom. The highest BCUT2D eigenvalue weighted by Crippen LogP contribution is 2.44. The van der Waals surface area contributed by atoms with Gasteiger partial charge in [0.05, 0.1) is 36.5 Å². The van der Waals surface area contributed by atoms with Crippen molar-refractivity contribution >= 4 is 33.7 Å². The number of carbonyl (C=O) groups excluding carboxylic acids is 2. The molecule has 2 atom stereocenters. The van der Waals surface area contributed by atoms with Crippen LogP contribution in [0.25, 0.3) is 0 Å². The molecule has 0 amide bonds. The summed E-state index contributed by atoms with van der Waals surface area (Å²) in [6, 6.07) is 14.5. The maximum Gasteiger partial charge on any atom is 0.336 e. The highest BCUT2D eigenvalue weighted by Gasteiger charge is 2.44. The van der Waals surface area contributed by atoms with Crippen LogP contribution in [0, 0.1) is 5.92 Å². The van der Waals surface area contributed by atoms with E-state index in [2.05, 4.69) is 5.32 Å². The number of hydrogen-bond acceptors (Lipinski definition) is 9. The molecular formula is C26H31ClN2O8S. The van der Waals surface area contributed by atoms with Crippen LogP contribution in [0.2, 0.25) is 5.02 Å². The third-order valence-electron chi connectivity index (χ3n) is 5.39. The predicted molar refractivity (Wildman–Crippen MR) is 142 cm³/mol. The van der Waals surface area contributed by atoms with Gasteiger partial charge in [-0.25, -0.2) is 4.79 Å². The van der Waals surface area contributed by atoms with E-state index in [1.807, 2.05) is 0 Å². The lowest BCUT2D eigenvalue weighted by Crippen LogP contribution is -2.40. The van der Waals surface area contributed by atoms with Crippen LogP contribution in [0.3, 0.4) is 0 Å². The Morgan fingerprint density at radius 3 is 2.29 bits per heavy atom. The molecule has 0 saturated carbocycles. The Kier molecular flexibility index (Phi) is 11.8. The van der Waals surface area contributed by atoms with E-state index in [0.717, 1.165) is 0 Å². The number of halogens is 1. The van der Waals surface area contributed by atoms with E-state index in [1.54, 1.807) is 56.3 Å². The molecule has 0 spiro atoms. The molecule has 2 unspecified atom stereocenters. The molecule has 4 N–H and O–H groups in total. The van der Waals surface area contributed by atoms with Crippen molar-refractivity contribution in [2.75, 3.05) is 26.9 Å². The second-order valence-electron chi connectivity index (χ2n) is 7.90. The van der Waals surface area contributed by atoms with Gasteiger partial charge in [-0.2, -0.15) is 8.42 Å². The maximum absolute atomic E-state index is 12.9. The first-order valence-corrected chi connectivity index (χ1v) is 13.4. The van der Waals surface area contributed by atoms with Crippen LogP contribution in [0.5, 0.6) is 0 Å². The summed E-state index contributed by atoms with van der Waals surface area (Å²) >= 11 is 6.43. The van der Waals surface area contributed by atoms with Crippen molar-refractivity contribution in [3.63, 3.8) is 0 Å². The van der Waals surface area contributed by atoms with Gasteiger partial charge in [0.15, 0.2) is 0 Å². The highest BCUT2D eigenvalue weighted by atomic mass is 35.5. The second kappa shape index (κ2) is 14.5. The van der Waals surface area contributed by atoms with Crippen molar-refractivity contribution in [1.82, 2.24) is 5.32 Å². The smallest absolute Gasteiger partial charge is 0.336 e. The molecule has 206 valence electrons. The fourth-order valence-corrected chi connectivity index (χ4v) is 4.55. The van der Waals surface area contributed by atoms with Gasteiger partial charge in [-0.15, -0.1) is 0 Å². The molecule has 2 aromatic rings. The Hall–Kier alpha value is -3.38. The molecule has 2 aromatic carbocycles. The summed E-state index contributed by atoms with van der Waals surface area (Å²) < 4.78 is 44.9. The number of allylic oxidation sites excluding steroid dienone is 1. The molecule has 10 nitrogen and oxygen atoms in total. The van der Waals surface area contributed by atoms with Gasteiger partial charge in [0.25, 0.3) is 10.1 Å². The van der Waals surface area contributed by atoms with E-state index in [9.17, 15) is 18.0 Å². The van der Waals surface area contributed by atoms with Gasteiger partial charge in [-0.05, 0) is 37.6 Å². The third kappa shape index (κ3) is 8.06. The van der Waals surface area contributed by atoms with Crippen molar-refractivity contribution in [2.24, 2.45) is 11.7 Å². The first kappa shape index (κ1) is 30.8. The SMILES string of the molecule is CCOC(=O)C1C(=COCCN)NC(C)=C(C(=O)OC)C1c1ccccc1Cl.O=S(=O)(O)c1ccccc1. The van der Waals surface area contributed by atoms with Gasteiger partial charge < -0.3 is 25.3 Å². The van der Waals surface area contributed by atoms with Crippen molar-refractivity contribution in [2.45, 2.75) is 24.7 Å². The predicted octanol–water partition coefficient (Wildman–Crippen LogP) is 3.40. The van der Waals surface area contributed by atoms with E-state index in [-0.39, 0.29) is 18.1 Å². The van der Waals surface area contributed by atoms with Gasteiger partial charge in [0.1, 0.15) is 12.2 Å². The Morgan fingerprint density at radius 1 is 1.13 bits per heavy atom. The van der Waals surface area contributed by atoms with E-state index >= 15 is 0 Å². The number of hydrogen-bond donors (Lipinski definition) is 3. The number of rotatable bonds is 8. The van der Waals surface area contributed by atoms with Crippen LogP contribution in [-0.2, 0) is 33.9 Å². The summed E-state index contributed by atoms with van der Waals surface area (Å²) in [5.74, 6) is -2.62. The monoisotopic (exact) mass is 566 g/mol. The number of methoxy groups -OCH3 is 1. The average Bonchev–Trinajstić information content (AvgIpc) is 2.89. The van der Waals surface area contributed by atoms with Crippen LogP contribution in [-0.4, -0.2) is 51.8 Å². The van der Waals surface area contributed by atoms with Crippen molar-refractivity contribution in [3.8, 4) is 0 Å². The lowest BCUT2D eigenvalue weighted by atomic mass is 9.75. The molecule has 0 saturated heterocycles. The third-order valence-corrected chi connectivity index (χ3v) is 6.60. The zero-order valence-corrected chi connectivity index (χ0v) is 22.8. The van der Waals surface area contributed by atoms with E-state index in [4.69, 9.17) is 36.1 Å². The molecule has 1 heterocycles. The number of benzene rings is 2. The molecule has 0 aromatic heterocycles.